The summed E-state index contributed by atoms with van der Waals surface area (Å²) < 4.78 is 0. The highest BCUT2D eigenvalue weighted by atomic mass is 15.0. The topological polar surface area (TPSA) is 76.4 Å². The van der Waals surface area contributed by atoms with Crippen LogP contribution in [0.1, 0.15) is 40.0 Å². The maximum Gasteiger partial charge on any atom is 0.185 e. The van der Waals surface area contributed by atoms with E-state index in [0.717, 1.165) is 25.8 Å². The molecule has 14 heavy (non-hydrogen) atoms. The third-order valence-electron chi connectivity index (χ3n) is 2.07. The van der Waals surface area contributed by atoms with Crippen molar-refractivity contribution in [3.8, 4) is 0 Å². The second kappa shape index (κ2) is 7.62. The Hall–Kier alpha value is -0.770. The Bertz CT molecular complexity index is 162. The van der Waals surface area contributed by atoms with E-state index < -0.39 is 0 Å². The molecule has 0 spiro atoms. The van der Waals surface area contributed by atoms with Gasteiger partial charge in [0.05, 0.1) is 0 Å². The quantitative estimate of drug-likeness (QED) is 0.323. The molecule has 0 aliphatic carbocycles. The van der Waals surface area contributed by atoms with Crippen LogP contribution in [0.2, 0.25) is 0 Å². The summed E-state index contributed by atoms with van der Waals surface area (Å²) in [6.07, 6.45) is 3.32. The number of nitrogens with two attached hydrogens (primary N) is 2. The molecule has 0 fully saturated rings. The lowest BCUT2D eigenvalue weighted by Crippen LogP contribution is -2.34. The third-order valence-corrected chi connectivity index (χ3v) is 2.07. The number of hydrogen-bond donors (Lipinski definition) is 3. The van der Waals surface area contributed by atoms with E-state index >= 15 is 0 Å². The fourth-order valence-electron chi connectivity index (χ4n) is 1.42. The van der Waals surface area contributed by atoms with Crippen molar-refractivity contribution in [3.05, 3.63) is 0 Å². The average Bonchev–Trinajstić information content (AvgIpc) is 2.09. The van der Waals surface area contributed by atoms with Crippen molar-refractivity contribution in [1.82, 2.24) is 5.32 Å². The molecule has 5 N–H and O–H groups in total. The Kier molecular flexibility index (Phi) is 7.20. The molecule has 0 saturated heterocycles. The summed E-state index contributed by atoms with van der Waals surface area (Å²) >= 11 is 0. The first-order valence-corrected chi connectivity index (χ1v) is 5.37. The summed E-state index contributed by atoms with van der Waals surface area (Å²) in [5.41, 5.74) is 10.5. The van der Waals surface area contributed by atoms with Gasteiger partial charge in [0.25, 0.3) is 0 Å². The Morgan fingerprint density at radius 1 is 1.36 bits per heavy atom. The first-order valence-electron chi connectivity index (χ1n) is 5.37. The van der Waals surface area contributed by atoms with E-state index in [9.17, 15) is 0 Å². The number of hydrogen-bond acceptors (Lipinski definition) is 2. The molecule has 0 radical (unpaired) electrons. The molecule has 0 aromatic heterocycles. The molecule has 0 aromatic rings. The minimum atomic E-state index is 0.190. The van der Waals surface area contributed by atoms with Crippen LogP contribution in [0, 0.1) is 0 Å². The van der Waals surface area contributed by atoms with Gasteiger partial charge in [-0.15, -0.1) is 0 Å². The van der Waals surface area contributed by atoms with Gasteiger partial charge in [-0.1, -0.05) is 20.8 Å². The molecule has 1 unspecified atom stereocenters. The van der Waals surface area contributed by atoms with Crippen LogP contribution in [0.3, 0.4) is 0 Å². The summed E-state index contributed by atoms with van der Waals surface area (Å²) in [6, 6.07) is 1.13. The average molecular weight is 200 g/mol. The van der Waals surface area contributed by atoms with Crippen molar-refractivity contribution in [2.45, 2.75) is 52.1 Å². The highest BCUT2D eigenvalue weighted by molar-refractivity contribution is 5.75. The van der Waals surface area contributed by atoms with Gasteiger partial charge < -0.3 is 16.8 Å². The van der Waals surface area contributed by atoms with Gasteiger partial charge in [0.1, 0.15) is 0 Å². The predicted octanol–water partition coefficient (Wildman–Crippen LogP) is 0.817. The van der Waals surface area contributed by atoms with E-state index in [1.165, 1.54) is 0 Å². The van der Waals surface area contributed by atoms with Crippen LogP contribution in [0.5, 0.6) is 0 Å². The first-order chi connectivity index (χ1) is 6.56. The van der Waals surface area contributed by atoms with Crippen LogP contribution in [-0.4, -0.2) is 24.6 Å². The summed E-state index contributed by atoms with van der Waals surface area (Å²) in [6.45, 7) is 7.26. The van der Waals surface area contributed by atoms with Gasteiger partial charge in [0.15, 0.2) is 5.96 Å². The van der Waals surface area contributed by atoms with Crippen LogP contribution in [0.4, 0.5) is 0 Å². The molecule has 0 bridgehead atoms. The van der Waals surface area contributed by atoms with Gasteiger partial charge in [0, 0.05) is 18.6 Å². The number of nitrogens with one attached hydrogen (secondary N) is 1. The molecule has 0 aliphatic rings. The zero-order valence-corrected chi connectivity index (χ0v) is 9.59. The molecule has 0 aliphatic heterocycles. The molecule has 0 heterocycles. The van der Waals surface area contributed by atoms with Crippen molar-refractivity contribution in [1.29, 1.82) is 0 Å². The van der Waals surface area contributed by atoms with Gasteiger partial charge in [-0.05, 0) is 19.3 Å². The van der Waals surface area contributed by atoms with Crippen LogP contribution in [-0.2, 0) is 0 Å². The molecule has 4 nitrogen and oxygen atoms in total. The maximum atomic E-state index is 5.23. The largest absolute Gasteiger partial charge is 0.370 e. The first kappa shape index (κ1) is 13.2. The summed E-state index contributed by atoms with van der Waals surface area (Å²) in [5.74, 6) is 0.190. The lowest BCUT2D eigenvalue weighted by atomic mass is 10.1. The minimum absolute atomic E-state index is 0.190. The Labute approximate surface area is 87.1 Å². The number of rotatable bonds is 7. The van der Waals surface area contributed by atoms with E-state index in [1.807, 2.05) is 0 Å². The van der Waals surface area contributed by atoms with E-state index in [4.69, 9.17) is 11.5 Å². The van der Waals surface area contributed by atoms with Crippen LogP contribution >= 0.6 is 0 Å². The Morgan fingerprint density at radius 3 is 2.43 bits per heavy atom. The Morgan fingerprint density at radius 2 is 2.00 bits per heavy atom. The lowest BCUT2D eigenvalue weighted by Gasteiger charge is -2.19. The molecule has 0 rings (SSSR count). The maximum absolute atomic E-state index is 5.23. The highest BCUT2D eigenvalue weighted by Crippen LogP contribution is 2.02. The van der Waals surface area contributed by atoms with Crippen LogP contribution < -0.4 is 16.8 Å². The summed E-state index contributed by atoms with van der Waals surface area (Å²) in [4.78, 5) is 3.95. The molecular formula is C10H24N4. The van der Waals surface area contributed by atoms with Crippen molar-refractivity contribution in [2.75, 3.05) is 6.54 Å². The normalized spacial score (nSPS) is 12.9. The smallest absolute Gasteiger partial charge is 0.185 e. The van der Waals surface area contributed by atoms with Gasteiger partial charge >= 0.3 is 0 Å². The molecule has 4 heteroatoms. The van der Waals surface area contributed by atoms with Crippen molar-refractivity contribution in [2.24, 2.45) is 16.5 Å². The fourth-order valence-corrected chi connectivity index (χ4v) is 1.42. The predicted molar refractivity (Wildman–Crippen MR) is 62.3 cm³/mol. The zero-order valence-electron chi connectivity index (χ0n) is 9.59. The highest BCUT2D eigenvalue weighted by Gasteiger charge is 2.06. The van der Waals surface area contributed by atoms with E-state index in [1.54, 1.807) is 0 Å². The Balaban J connectivity index is 3.57. The van der Waals surface area contributed by atoms with Crippen molar-refractivity contribution < 1.29 is 0 Å². The van der Waals surface area contributed by atoms with Crippen molar-refractivity contribution in [3.63, 3.8) is 0 Å². The minimum Gasteiger partial charge on any atom is -0.370 e. The molecule has 1 atom stereocenters. The van der Waals surface area contributed by atoms with Crippen molar-refractivity contribution >= 4 is 5.96 Å². The number of aliphatic imine (C=N–C) groups is 1. The van der Waals surface area contributed by atoms with Gasteiger partial charge in [0.2, 0.25) is 0 Å². The number of guanidine groups is 1. The van der Waals surface area contributed by atoms with Gasteiger partial charge in [-0.25, -0.2) is 0 Å². The fraction of sp³-hybridized carbons (Fsp3) is 0.900. The molecule has 0 aromatic carbocycles. The standard InChI is InChI=1S/C10H24N4/c1-4-9(14-8(2)3)6-5-7-13-10(11)12/h8-9,14H,4-7H2,1-3H3,(H4,11,12,13). The van der Waals surface area contributed by atoms with E-state index in [-0.39, 0.29) is 5.96 Å². The molecule has 84 valence electrons. The van der Waals surface area contributed by atoms with Gasteiger partial charge in [-0.3, -0.25) is 4.99 Å². The summed E-state index contributed by atoms with van der Waals surface area (Å²) in [7, 11) is 0. The number of nitrogens with zero attached hydrogens (tertiary/aromatic N) is 1. The third kappa shape index (κ3) is 7.86. The second-order valence-electron chi connectivity index (χ2n) is 3.88. The lowest BCUT2D eigenvalue weighted by molar-refractivity contribution is 0.421. The SMILES string of the molecule is CCC(CCCN=C(N)N)NC(C)C. The molecule has 0 saturated carbocycles. The van der Waals surface area contributed by atoms with E-state index in [0.29, 0.717) is 12.1 Å². The van der Waals surface area contributed by atoms with E-state index in [2.05, 4.69) is 31.1 Å². The summed E-state index contributed by atoms with van der Waals surface area (Å²) in [5, 5.41) is 3.51. The van der Waals surface area contributed by atoms with Gasteiger partial charge in [-0.2, -0.15) is 0 Å². The molecule has 0 amide bonds. The van der Waals surface area contributed by atoms with Crippen LogP contribution in [0.15, 0.2) is 4.99 Å². The second-order valence-corrected chi connectivity index (χ2v) is 3.88. The molecular weight excluding hydrogens is 176 g/mol. The van der Waals surface area contributed by atoms with Crippen LogP contribution in [0.25, 0.3) is 0 Å². The zero-order chi connectivity index (χ0) is 11.0. The monoisotopic (exact) mass is 200 g/mol.